The zero-order chi connectivity index (χ0) is 11.1. The zero-order valence-electron chi connectivity index (χ0n) is 9.49. The molecule has 3 rings (SSSR count). The maximum atomic E-state index is 12.0. The molecular weight excluding hydrogens is 200 g/mol. The molecule has 84 valence electrons. The van der Waals surface area contributed by atoms with E-state index in [1.807, 2.05) is 16.7 Å². The van der Waals surface area contributed by atoms with E-state index in [0.29, 0.717) is 6.04 Å². The molecule has 16 heavy (non-hydrogen) atoms. The van der Waals surface area contributed by atoms with Crippen molar-refractivity contribution >= 4 is 11.0 Å². The first-order valence-electron chi connectivity index (χ1n) is 5.97. The zero-order valence-corrected chi connectivity index (χ0v) is 9.49. The lowest BCUT2D eigenvalue weighted by Crippen LogP contribution is -2.20. The second-order valence-electron chi connectivity index (χ2n) is 4.71. The predicted molar refractivity (Wildman–Crippen MR) is 64.8 cm³/mol. The van der Waals surface area contributed by atoms with Gasteiger partial charge in [-0.25, -0.2) is 4.79 Å². The van der Waals surface area contributed by atoms with Gasteiger partial charge in [0.2, 0.25) is 0 Å². The van der Waals surface area contributed by atoms with Crippen LogP contribution < -0.4 is 5.69 Å². The number of fused-ring (bicyclic) bond motifs is 1. The first-order chi connectivity index (χ1) is 7.77. The van der Waals surface area contributed by atoms with Crippen molar-refractivity contribution in [1.82, 2.24) is 9.55 Å². The van der Waals surface area contributed by atoms with E-state index < -0.39 is 0 Å². The van der Waals surface area contributed by atoms with Crippen molar-refractivity contribution in [3.63, 3.8) is 0 Å². The van der Waals surface area contributed by atoms with Gasteiger partial charge < -0.3 is 4.98 Å². The van der Waals surface area contributed by atoms with Gasteiger partial charge in [0.1, 0.15) is 0 Å². The highest BCUT2D eigenvalue weighted by molar-refractivity contribution is 5.78. The Labute approximate surface area is 94.1 Å². The van der Waals surface area contributed by atoms with Gasteiger partial charge in [-0.2, -0.15) is 0 Å². The van der Waals surface area contributed by atoms with Gasteiger partial charge in [-0.05, 0) is 31.4 Å². The van der Waals surface area contributed by atoms with Crippen molar-refractivity contribution in [1.29, 1.82) is 0 Å². The minimum Gasteiger partial charge on any atom is -0.306 e. The van der Waals surface area contributed by atoms with E-state index in [2.05, 4.69) is 18.0 Å². The summed E-state index contributed by atoms with van der Waals surface area (Å²) >= 11 is 0. The first-order valence-corrected chi connectivity index (χ1v) is 5.97. The van der Waals surface area contributed by atoms with E-state index in [1.165, 1.54) is 18.4 Å². The fraction of sp³-hybridized carbons (Fsp3) is 0.462. The molecule has 1 heterocycles. The van der Waals surface area contributed by atoms with Crippen molar-refractivity contribution in [2.45, 2.75) is 38.6 Å². The van der Waals surface area contributed by atoms with Gasteiger partial charge in [0.05, 0.1) is 11.0 Å². The molecule has 1 aliphatic carbocycles. The number of hydrogen-bond donors (Lipinski definition) is 1. The van der Waals surface area contributed by atoms with Gasteiger partial charge in [-0.1, -0.05) is 25.0 Å². The van der Waals surface area contributed by atoms with Crippen LogP contribution in [0.15, 0.2) is 23.0 Å². The molecule has 0 amide bonds. The van der Waals surface area contributed by atoms with Crippen molar-refractivity contribution in [3.8, 4) is 0 Å². The number of hydrogen-bond acceptors (Lipinski definition) is 1. The molecule has 1 aliphatic rings. The summed E-state index contributed by atoms with van der Waals surface area (Å²) in [7, 11) is 0. The van der Waals surface area contributed by atoms with Crippen LogP contribution in [-0.2, 0) is 0 Å². The maximum Gasteiger partial charge on any atom is 0.326 e. The molecular formula is C13H16N2O. The Hall–Kier alpha value is -1.51. The molecule has 0 saturated heterocycles. The molecule has 0 unspecified atom stereocenters. The van der Waals surface area contributed by atoms with Crippen molar-refractivity contribution in [2.24, 2.45) is 0 Å². The molecule has 0 bridgehead atoms. The van der Waals surface area contributed by atoms with Crippen LogP contribution >= 0.6 is 0 Å². The minimum absolute atomic E-state index is 0.0520. The number of imidazole rings is 1. The quantitative estimate of drug-likeness (QED) is 0.782. The summed E-state index contributed by atoms with van der Waals surface area (Å²) in [6.45, 7) is 2.07. The normalized spacial score (nSPS) is 17.3. The van der Waals surface area contributed by atoms with Crippen LogP contribution in [0.3, 0.4) is 0 Å². The number of aromatic nitrogens is 2. The van der Waals surface area contributed by atoms with Crippen LogP contribution in [0.2, 0.25) is 0 Å². The van der Waals surface area contributed by atoms with E-state index in [-0.39, 0.29) is 5.69 Å². The van der Waals surface area contributed by atoms with Gasteiger partial charge in [0.15, 0.2) is 0 Å². The average molecular weight is 216 g/mol. The predicted octanol–water partition coefficient (Wildman–Crippen LogP) is 2.75. The third kappa shape index (κ3) is 1.31. The number of aromatic amines is 1. The number of aryl methyl sites for hydroxylation is 1. The topological polar surface area (TPSA) is 37.8 Å². The Morgan fingerprint density at radius 3 is 2.81 bits per heavy atom. The summed E-state index contributed by atoms with van der Waals surface area (Å²) in [5.74, 6) is 0. The molecule has 1 saturated carbocycles. The molecule has 0 spiro atoms. The summed E-state index contributed by atoms with van der Waals surface area (Å²) < 4.78 is 1.97. The van der Waals surface area contributed by atoms with Crippen LogP contribution in [-0.4, -0.2) is 9.55 Å². The summed E-state index contributed by atoms with van der Waals surface area (Å²) in [6.07, 6.45) is 4.77. The lowest BCUT2D eigenvalue weighted by molar-refractivity contribution is 0.517. The summed E-state index contributed by atoms with van der Waals surface area (Å²) in [4.78, 5) is 14.9. The van der Waals surface area contributed by atoms with E-state index >= 15 is 0 Å². The molecule has 2 aromatic rings. The highest BCUT2D eigenvalue weighted by Crippen LogP contribution is 2.31. The van der Waals surface area contributed by atoms with Gasteiger partial charge in [-0.3, -0.25) is 4.57 Å². The standard InChI is InChI=1S/C13H16N2O/c1-9-5-4-8-11-12(9)15(13(16)14-11)10-6-2-3-7-10/h4-5,8,10H,2-3,6-7H2,1H3,(H,14,16). The van der Waals surface area contributed by atoms with Gasteiger partial charge in [0.25, 0.3) is 0 Å². The lowest BCUT2D eigenvalue weighted by Gasteiger charge is -2.12. The van der Waals surface area contributed by atoms with Crippen LogP contribution in [0.25, 0.3) is 11.0 Å². The van der Waals surface area contributed by atoms with E-state index in [0.717, 1.165) is 23.9 Å². The molecule has 1 aromatic carbocycles. The van der Waals surface area contributed by atoms with Crippen LogP contribution in [0.5, 0.6) is 0 Å². The molecule has 1 fully saturated rings. The highest BCUT2D eigenvalue weighted by Gasteiger charge is 2.21. The third-order valence-electron chi connectivity index (χ3n) is 3.63. The number of para-hydroxylation sites is 1. The fourth-order valence-electron chi connectivity index (χ4n) is 2.87. The Bertz CT molecular complexity index is 573. The molecule has 0 radical (unpaired) electrons. The summed E-state index contributed by atoms with van der Waals surface area (Å²) in [5, 5.41) is 0. The van der Waals surface area contributed by atoms with Crippen molar-refractivity contribution < 1.29 is 0 Å². The largest absolute Gasteiger partial charge is 0.326 e. The van der Waals surface area contributed by atoms with Crippen molar-refractivity contribution in [2.75, 3.05) is 0 Å². The van der Waals surface area contributed by atoms with Crippen LogP contribution in [0.4, 0.5) is 0 Å². The number of nitrogens with zero attached hydrogens (tertiary/aromatic N) is 1. The first kappa shape index (κ1) is 9.70. The molecule has 1 aromatic heterocycles. The summed E-state index contributed by atoms with van der Waals surface area (Å²) in [5.41, 5.74) is 3.30. The molecule has 0 aliphatic heterocycles. The van der Waals surface area contributed by atoms with Crippen molar-refractivity contribution in [3.05, 3.63) is 34.2 Å². The number of benzene rings is 1. The van der Waals surface area contributed by atoms with E-state index in [9.17, 15) is 4.79 Å². The SMILES string of the molecule is Cc1cccc2[nH]c(=O)n(C3CCCC3)c12. The maximum absolute atomic E-state index is 12.0. The fourth-order valence-corrected chi connectivity index (χ4v) is 2.87. The van der Waals surface area contributed by atoms with Gasteiger partial charge in [0, 0.05) is 6.04 Å². The smallest absolute Gasteiger partial charge is 0.306 e. The van der Waals surface area contributed by atoms with Gasteiger partial charge in [-0.15, -0.1) is 0 Å². The Morgan fingerprint density at radius 2 is 2.06 bits per heavy atom. The number of rotatable bonds is 1. The van der Waals surface area contributed by atoms with Crippen LogP contribution in [0.1, 0.15) is 37.3 Å². The van der Waals surface area contributed by atoms with Gasteiger partial charge >= 0.3 is 5.69 Å². The van der Waals surface area contributed by atoms with E-state index in [4.69, 9.17) is 0 Å². The third-order valence-corrected chi connectivity index (χ3v) is 3.63. The van der Waals surface area contributed by atoms with Crippen LogP contribution in [0, 0.1) is 6.92 Å². The minimum atomic E-state index is 0.0520. The Balaban J connectivity index is 2.29. The van der Waals surface area contributed by atoms with E-state index in [1.54, 1.807) is 0 Å². The monoisotopic (exact) mass is 216 g/mol. The molecule has 3 heteroatoms. The molecule has 3 nitrogen and oxygen atoms in total. The Kier molecular flexibility index (Phi) is 2.13. The average Bonchev–Trinajstić information content (AvgIpc) is 2.84. The summed E-state index contributed by atoms with van der Waals surface area (Å²) in [6, 6.07) is 6.45. The highest BCUT2D eigenvalue weighted by atomic mass is 16.1. The molecule has 1 N–H and O–H groups in total. The lowest BCUT2D eigenvalue weighted by atomic mass is 10.2. The number of nitrogens with one attached hydrogen (secondary N) is 1. The number of H-pyrrole nitrogens is 1. The second kappa shape index (κ2) is 3.51. The molecule has 0 atom stereocenters. The Morgan fingerprint density at radius 1 is 1.31 bits per heavy atom. The second-order valence-corrected chi connectivity index (χ2v) is 4.71.